The van der Waals surface area contributed by atoms with E-state index in [0.29, 0.717) is 5.70 Å². The van der Waals surface area contributed by atoms with Gasteiger partial charge in [0.1, 0.15) is 0 Å². The molecule has 0 spiro atoms. The first-order valence-corrected chi connectivity index (χ1v) is 3.74. The van der Waals surface area contributed by atoms with Crippen molar-refractivity contribution in [3.8, 4) is 0 Å². The molecule has 0 aromatic rings. The molecule has 70 valence electrons. The summed E-state index contributed by atoms with van der Waals surface area (Å²) in [6, 6.07) is 0. The number of hydrogen-bond donors (Lipinski definition) is 3. The van der Waals surface area contributed by atoms with E-state index in [1.807, 2.05) is 0 Å². The zero-order valence-corrected chi connectivity index (χ0v) is 7.72. The standard InChI is InChI=1S/C8H16N2O2/c1-8(2,5-11)6(9)4-7(12)10-3/h4,11H,5,9H2,1-3H3,(H,10,12). The second-order valence-electron chi connectivity index (χ2n) is 3.26. The van der Waals surface area contributed by atoms with E-state index >= 15 is 0 Å². The molecule has 0 atom stereocenters. The average molecular weight is 172 g/mol. The van der Waals surface area contributed by atoms with Crippen molar-refractivity contribution in [2.75, 3.05) is 13.7 Å². The Morgan fingerprint density at radius 3 is 2.50 bits per heavy atom. The molecular formula is C8H16N2O2. The van der Waals surface area contributed by atoms with Gasteiger partial charge >= 0.3 is 0 Å². The third-order valence-electron chi connectivity index (χ3n) is 1.71. The van der Waals surface area contributed by atoms with Gasteiger partial charge in [-0.3, -0.25) is 4.79 Å². The van der Waals surface area contributed by atoms with E-state index in [1.54, 1.807) is 13.8 Å². The van der Waals surface area contributed by atoms with E-state index in [0.717, 1.165) is 0 Å². The predicted octanol–water partition coefficient (Wildman–Crippen LogP) is -0.407. The summed E-state index contributed by atoms with van der Waals surface area (Å²) in [5.41, 5.74) is 5.42. The lowest BCUT2D eigenvalue weighted by Crippen LogP contribution is -2.27. The molecular weight excluding hydrogens is 156 g/mol. The van der Waals surface area contributed by atoms with Crippen LogP contribution in [0.15, 0.2) is 11.8 Å². The molecule has 0 bridgehead atoms. The van der Waals surface area contributed by atoms with Crippen LogP contribution in [0.2, 0.25) is 0 Å². The van der Waals surface area contributed by atoms with Crippen molar-refractivity contribution in [1.29, 1.82) is 0 Å². The number of aliphatic hydroxyl groups excluding tert-OH is 1. The van der Waals surface area contributed by atoms with Crippen LogP contribution >= 0.6 is 0 Å². The first kappa shape index (κ1) is 11.0. The second kappa shape index (κ2) is 4.11. The SMILES string of the molecule is CNC(=O)C=C(N)C(C)(C)CO. The molecule has 0 saturated heterocycles. The topological polar surface area (TPSA) is 75.4 Å². The van der Waals surface area contributed by atoms with Crippen LogP contribution in [0, 0.1) is 5.41 Å². The van der Waals surface area contributed by atoms with E-state index in [9.17, 15) is 4.79 Å². The minimum absolute atomic E-state index is 0.0771. The van der Waals surface area contributed by atoms with Crippen LogP contribution in [-0.2, 0) is 4.79 Å². The zero-order chi connectivity index (χ0) is 9.78. The van der Waals surface area contributed by atoms with Crippen molar-refractivity contribution >= 4 is 5.91 Å². The van der Waals surface area contributed by atoms with Gasteiger partial charge in [-0.1, -0.05) is 13.8 Å². The Balaban J connectivity index is 4.46. The monoisotopic (exact) mass is 172 g/mol. The summed E-state index contributed by atoms with van der Waals surface area (Å²) in [4.78, 5) is 10.8. The maximum absolute atomic E-state index is 10.8. The average Bonchev–Trinajstić information content (AvgIpc) is 2.04. The number of rotatable bonds is 3. The number of amides is 1. The molecule has 4 nitrogen and oxygen atoms in total. The zero-order valence-electron chi connectivity index (χ0n) is 7.72. The number of likely N-dealkylation sites (N-methyl/N-ethyl adjacent to an activating group) is 1. The maximum atomic E-state index is 10.8. The number of hydrogen-bond acceptors (Lipinski definition) is 3. The summed E-state index contributed by atoms with van der Waals surface area (Å²) in [6.07, 6.45) is 1.29. The van der Waals surface area contributed by atoms with E-state index < -0.39 is 5.41 Å². The molecule has 0 radical (unpaired) electrons. The molecule has 0 heterocycles. The van der Waals surface area contributed by atoms with E-state index in [-0.39, 0.29) is 12.5 Å². The molecule has 0 fully saturated rings. The van der Waals surface area contributed by atoms with Crippen molar-refractivity contribution in [2.24, 2.45) is 11.1 Å². The summed E-state index contributed by atoms with van der Waals surface area (Å²) >= 11 is 0. The summed E-state index contributed by atoms with van der Waals surface area (Å²) in [5.74, 6) is -0.256. The molecule has 4 heteroatoms. The third-order valence-corrected chi connectivity index (χ3v) is 1.71. The second-order valence-corrected chi connectivity index (χ2v) is 3.26. The van der Waals surface area contributed by atoms with Crippen LogP contribution in [0.1, 0.15) is 13.8 Å². The molecule has 0 aromatic carbocycles. The van der Waals surface area contributed by atoms with E-state index in [1.165, 1.54) is 13.1 Å². The molecule has 1 amide bonds. The number of aliphatic hydroxyl groups is 1. The van der Waals surface area contributed by atoms with Crippen LogP contribution in [0.25, 0.3) is 0 Å². The highest BCUT2D eigenvalue weighted by Gasteiger charge is 2.20. The predicted molar refractivity (Wildman–Crippen MR) is 47.2 cm³/mol. The lowest BCUT2D eigenvalue weighted by Gasteiger charge is -2.21. The summed E-state index contributed by atoms with van der Waals surface area (Å²) < 4.78 is 0. The van der Waals surface area contributed by atoms with Gasteiger partial charge in [0, 0.05) is 24.2 Å². The van der Waals surface area contributed by atoms with Gasteiger partial charge in [0.15, 0.2) is 0 Å². The number of carbonyl (C=O) groups excluding carboxylic acids is 1. The quantitative estimate of drug-likeness (QED) is 0.507. The van der Waals surface area contributed by atoms with Crippen molar-refractivity contribution in [3.05, 3.63) is 11.8 Å². The highest BCUT2D eigenvalue weighted by Crippen LogP contribution is 2.20. The van der Waals surface area contributed by atoms with Crippen molar-refractivity contribution in [2.45, 2.75) is 13.8 Å². The Morgan fingerprint density at radius 2 is 2.17 bits per heavy atom. The Labute approximate surface area is 72.4 Å². The number of nitrogens with one attached hydrogen (secondary N) is 1. The van der Waals surface area contributed by atoms with Gasteiger partial charge in [-0.2, -0.15) is 0 Å². The molecule has 4 N–H and O–H groups in total. The Hall–Kier alpha value is -1.03. The Kier molecular flexibility index (Phi) is 3.76. The van der Waals surface area contributed by atoms with Crippen LogP contribution in [0.3, 0.4) is 0 Å². The van der Waals surface area contributed by atoms with Crippen molar-refractivity contribution in [1.82, 2.24) is 5.32 Å². The first-order chi connectivity index (χ1) is 5.44. The van der Waals surface area contributed by atoms with Gasteiger partial charge < -0.3 is 16.2 Å². The van der Waals surface area contributed by atoms with Gasteiger partial charge in [-0.25, -0.2) is 0 Å². The molecule has 0 saturated carbocycles. The van der Waals surface area contributed by atoms with Gasteiger partial charge in [0.05, 0.1) is 6.61 Å². The molecule has 0 aromatic heterocycles. The van der Waals surface area contributed by atoms with Crippen LogP contribution in [0.4, 0.5) is 0 Å². The Bertz CT molecular complexity index is 197. The highest BCUT2D eigenvalue weighted by atomic mass is 16.3. The lowest BCUT2D eigenvalue weighted by molar-refractivity contribution is -0.116. The third kappa shape index (κ3) is 2.92. The van der Waals surface area contributed by atoms with Gasteiger partial charge in [0.2, 0.25) is 5.91 Å². The fourth-order valence-electron chi connectivity index (χ4n) is 0.500. The van der Waals surface area contributed by atoms with E-state index in [2.05, 4.69) is 5.32 Å². The summed E-state index contributed by atoms with van der Waals surface area (Å²) in [7, 11) is 1.53. The fraction of sp³-hybridized carbons (Fsp3) is 0.625. The van der Waals surface area contributed by atoms with Gasteiger partial charge in [0.25, 0.3) is 0 Å². The van der Waals surface area contributed by atoms with Gasteiger partial charge in [-0.05, 0) is 0 Å². The molecule has 12 heavy (non-hydrogen) atoms. The number of nitrogens with two attached hydrogens (primary N) is 1. The minimum Gasteiger partial charge on any atom is -0.401 e. The van der Waals surface area contributed by atoms with Crippen LogP contribution in [0.5, 0.6) is 0 Å². The van der Waals surface area contributed by atoms with Crippen LogP contribution in [-0.4, -0.2) is 24.7 Å². The molecule has 0 unspecified atom stereocenters. The van der Waals surface area contributed by atoms with Gasteiger partial charge in [-0.15, -0.1) is 0 Å². The number of carbonyl (C=O) groups is 1. The Morgan fingerprint density at radius 1 is 1.67 bits per heavy atom. The smallest absolute Gasteiger partial charge is 0.245 e. The molecule has 0 rings (SSSR count). The lowest BCUT2D eigenvalue weighted by atomic mass is 9.90. The normalized spacial score (nSPS) is 12.8. The van der Waals surface area contributed by atoms with Crippen molar-refractivity contribution < 1.29 is 9.90 Å². The van der Waals surface area contributed by atoms with Crippen LogP contribution < -0.4 is 11.1 Å². The summed E-state index contributed by atoms with van der Waals surface area (Å²) in [6.45, 7) is 3.45. The first-order valence-electron chi connectivity index (χ1n) is 3.74. The van der Waals surface area contributed by atoms with E-state index in [4.69, 9.17) is 10.8 Å². The summed E-state index contributed by atoms with van der Waals surface area (Å²) in [5, 5.41) is 11.3. The fourth-order valence-corrected chi connectivity index (χ4v) is 0.500. The highest BCUT2D eigenvalue weighted by molar-refractivity contribution is 5.87. The molecule has 0 aliphatic rings. The maximum Gasteiger partial charge on any atom is 0.245 e. The minimum atomic E-state index is -0.535. The molecule has 0 aliphatic heterocycles. The van der Waals surface area contributed by atoms with Crippen molar-refractivity contribution in [3.63, 3.8) is 0 Å². The largest absolute Gasteiger partial charge is 0.401 e. The molecule has 0 aliphatic carbocycles.